The standard InChI is InChI=1S/C25H20N6O3S/c32-23(27-26-17-9-13-19-10-7-8-16-22(19)31(33)34)18-35-25-29-28-24(20-11-3-1-4-12-20)30(25)21-14-5-2-6-15-21/h1-17H,18H2,(H,27,32)/b13-9-,26-17+. The van der Waals surface area contributed by atoms with E-state index in [1.165, 1.54) is 30.1 Å². The van der Waals surface area contributed by atoms with E-state index in [4.69, 9.17) is 0 Å². The number of nitrogens with one attached hydrogen (secondary N) is 1. The second kappa shape index (κ2) is 11.5. The largest absolute Gasteiger partial charge is 0.276 e. The number of thioether (sulfide) groups is 1. The molecule has 0 saturated carbocycles. The molecule has 3 aromatic carbocycles. The van der Waals surface area contributed by atoms with E-state index in [9.17, 15) is 14.9 Å². The van der Waals surface area contributed by atoms with Crippen LogP contribution in [0.3, 0.4) is 0 Å². The summed E-state index contributed by atoms with van der Waals surface area (Å²) in [5.41, 5.74) is 4.68. The van der Waals surface area contributed by atoms with Crippen molar-refractivity contribution >= 4 is 35.6 Å². The molecule has 0 saturated heterocycles. The number of hydrazone groups is 1. The molecule has 10 heteroatoms. The minimum Gasteiger partial charge on any atom is -0.272 e. The van der Waals surface area contributed by atoms with E-state index in [1.54, 1.807) is 24.3 Å². The van der Waals surface area contributed by atoms with Crippen LogP contribution in [-0.2, 0) is 4.79 Å². The number of rotatable bonds is 9. The molecule has 1 N–H and O–H groups in total. The number of nitro groups is 1. The highest BCUT2D eigenvalue weighted by Gasteiger charge is 2.17. The van der Waals surface area contributed by atoms with Crippen molar-refractivity contribution < 1.29 is 9.72 Å². The van der Waals surface area contributed by atoms with Crippen LogP contribution in [0, 0.1) is 10.1 Å². The summed E-state index contributed by atoms with van der Waals surface area (Å²) in [4.78, 5) is 22.9. The fourth-order valence-electron chi connectivity index (χ4n) is 3.20. The average molecular weight is 485 g/mol. The van der Waals surface area contributed by atoms with E-state index < -0.39 is 4.92 Å². The van der Waals surface area contributed by atoms with Crippen LogP contribution in [0.2, 0.25) is 0 Å². The van der Waals surface area contributed by atoms with Crippen LogP contribution in [0.15, 0.2) is 101 Å². The predicted octanol–water partition coefficient (Wildman–Crippen LogP) is 4.75. The Labute approximate surface area is 205 Å². The Hall–Kier alpha value is -4.57. The first-order valence-corrected chi connectivity index (χ1v) is 11.5. The molecule has 35 heavy (non-hydrogen) atoms. The zero-order chi connectivity index (χ0) is 24.5. The number of amides is 1. The summed E-state index contributed by atoms with van der Waals surface area (Å²) in [5.74, 6) is 0.428. The predicted molar refractivity (Wildman–Crippen MR) is 136 cm³/mol. The number of nitro benzene ring substituents is 1. The number of allylic oxidation sites excluding steroid dienone is 1. The molecule has 4 aromatic rings. The third-order valence-corrected chi connectivity index (χ3v) is 5.70. The molecule has 0 aliphatic carbocycles. The van der Waals surface area contributed by atoms with Gasteiger partial charge in [0, 0.05) is 23.5 Å². The first kappa shape index (κ1) is 23.6. The molecule has 0 unspecified atom stereocenters. The van der Waals surface area contributed by atoms with Crippen molar-refractivity contribution in [2.75, 3.05) is 5.75 Å². The van der Waals surface area contributed by atoms with Crippen molar-refractivity contribution in [3.8, 4) is 17.1 Å². The average Bonchev–Trinajstić information content (AvgIpc) is 3.32. The lowest BCUT2D eigenvalue weighted by molar-refractivity contribution is -0.385. The van der Waals surface area contributed by atoms with Gasteiger partial charge < -0.3 is 0 Å². The van der Waals surface area contributed by atoms with Crippen LogP contribution < -0.4 is 5.43 Å². The molecule has 0 aliphatic heterocycles. The smallest absolute Gasteiger partial charge is 0.272 e. The lowest BCUT2D eigenvalue weighted by Gasteiger charge is -2.10. The Morgan fingerprint density at radius 3 is 2.43 bits per heavy atom. The van der Waals surface area contributed by atoms with Crippen molar-refractivity contribution in [1.82, 2.24) is 20.2 Å². The van der Waals surface area contributed by atoms with Gasteiger partial charge in [-0.3, -0.25) is 19.5 Å². The van der Waals surface area contributed by atoms with Crippen LogP contribution >= 0.6 is 11.8 Å². The number of aromatic nitrogens is 3. The Morgan fingerprint density at radius 2 is 1.69 bits per heavy atom. The van der Waals surface area contributed by atoms with E-state index in [-0.39, 0.29) is 17.3 Å². The molecule has 1 heterocycles. The van der Waals surface area contributed by atoms with E-state index in [2.05, 4.69) is 20.7 Å². The van der Waals surface area contributed by atoms with Crippen molar-refractivity contribution in [3.63, 3.8) is 0 Å². The van der Waals surface area contributed by atoms with Gasteiger partial charge in [0.2, 0.25) is 0 Å². The minimum absolute atomic E-state index is 0.00464. The summed E-state index contributed by atoms with van der Waals surface area (Å²) in [7, 11) is 0. The number of carbonyl (C=O) groups is 1. The molecule has 0 radical (unpaired) electrons. The van der Waals surface area contributed by atoms with Crippen LogP contribution in [0.5, 0.6) is 0 Å². The van der Waals surface area contributed by atoms with Crippen molar-refractivity contribution in [1.29, 1.82) is 0 Å². The van der Waals surface area contributed by atoms with Gasteiger partial charge in [0.25, 0.3) is 11.6 Å². The highest BCUT2D eigenvalue weighted by Crippen LogP contribution is 2.27. The monoisotopic (exact) mass is 484 g/mol. The number of nitrogens with zero attached hydrogens (tertiary/aromatic N) is 5. The summed E-state index contributed by atoms with van der Waals surface area (Å²) in [6, 6.07) is 25.8. The molecular weight excluding hydrogens is 464 g/mol. The summed E-state index contributed by atoms with van der Waals surface area (Å²) >= 11 is 1.24. The second-order valence-electron chi connectivity index (χ2n) is 7.12. The van der Waals surface area contributed by atoms with E-state index in [1.807, 2.05) is 65.2 Å². The maximum Gasteiger partial charge on any atom is 0.276 e. The third kappa shape index (κ3) is 6.06. The summed E-state index contributed by atoms with van der Waals surface area (Å²) in [5, 5.41) is 24.1. The van der Waals surface area contributed by atoms with Gasteiger partial charge in [0.15, 0.2) is 11.0 Å². The van der Waals surface area contributed by atoms with Crippen LogP contribution in [0.4, 0.5) is 5.69 Å². The Balaban J connectivity index is 1.40. The fraction of sp³-hybridized carbons (Fsp3) is 0.0400. The Kier molecular flexibility index (Phi) is 7.77. The highest BCUT2D eigenvalue weighted by molar-refractivity contribution is 7.99. The SMILES string of the molecule is O=C(CSc1nnc(-c2ccccc2)n1-c1ccccc1)N/N=C/C=C\c1ccccc1[N+](=O)[O-]. The molecule has 0 spiro atoms. The number of hydrogen-bond donors (Lipinski definition) is 1. The summed E-state index contributed by atoms with van der Waals surface area (Å²) in [6.45, 7) is 0. The van der Waals surface area contributed by atoms with Gasteiger partial charge in [-0.1, -0.05) is 72.4 Å². The zero-order valence-corrected chi connectivity index (χ0v) is 19.2. The topological polar surface area (TPSA) is 115 Å². The normalized spacial score (nSPS) is 11.2. The van der Waals surface area contributed by atoms with Crippen LogP contribution in [0.25, 0.3) is 23.2 Å². The van der Waals surface area contributed by atoms with Crippen molar-refractivity contribution in [3.05, 3.63) is 107 Å². The maximum atomic E-state index is 12.3. The minimum atomic E-state index is -0.451. The number of hydrogen-bond acceptors (Lipinski definition) is 7. The van der Waals surface area contributed by atoms with E-state index in [0.717, 1.165) is 11.3 Å². The molecule has 1 aromatic heterocycles. The van der Waals surface area contributed by atoms with Crippen molar-refractivity contribution in [2.45, 2.75) is 5.16 Å². The van der Waals surface area contributed by atoms with Crippen LogP contribution in [0.1, 0.15) is 5.56 Å². The number of para-hydroxylation sites is 2. The zero-order valence-electron chi connectivity index (χ0n) is 18.4. The molecule has 0 bridgehead atoms. The lowest BCUT2D eigenvalue weighted by atomic mass is 10.2. The third-order valence-electron chi connectivity index (χ3n) is 4.77. The number of carbonyl (C=O) groups excluding carboxylic acids is 1. The quantitative estimate of drug-likeness (QED) is 0.159. The van der Waals surface area contributed by atoms with Gasteiger partial charge in [-0.15, -0.1) is 10.2 Å². The van der Waals surface area contributed by atoms with Gasteiger partial charge in [-0.05, 0) is 30.4 Å². The first-order chi connectivity index (χ1) is 17.1. The van der Waals surface area contributed by atoms with Crippen LogP contribution in [-0.4, -0.2) is 37.6 Å². The maximum absolute atomic E-state index is 12.3. The Bertz CT molecular complexity index is 1370. The number of benzene rings is 3. The summed E-state index contributed by atoms with van der Waals surface area (Å²) in [6.07, 6.45) is 4.43. The molecule has 4 rings (SSSR count). The van der Waals surface area contributed by atoms with E-state index >= 15 is 0 Å². The van der Waals surface area contributed by atoms with Gasteiger partial charge in [0.05, 0.1) is 16.2 Å². The molecular formula is C25H20N6O3S. The van der Waals surface area contributed by atoms with Gasteiger partial charge in [-0.2, -0.15) is 5.10 Å². The second-order valence-corrected chi connectivity index (χ2v) is 8.06. The van der Waals surface area contributed by atoms with Gasteiger partial charge >= 0.3 is 0 Å². The Morgan fingerprint density at radius 1 is 1.00 bits per heavy atom. The molecule has 1 amide bonds. The fourth-order valence-corrected chi connectivity index (χ4v) is 3.95. The van der Waals surface area contributed by atoms with Crippen molar-refractivity contribution in [2.24, 2.45) is 5.10 Å². The molecule has 0 fully saturated rings. The molecule has 0 aliphatic rings. The lowest BCUT2D eigenvalue weighted by Crippen LogP contribution is -2.19. The molecule has 9 nitrogen and oxygen atoms in total. The van der Waals surface area contributed by atoms with E-state index in [0.29, 0.717) is 16.5 Å². The molecule has 0 atom stereocenters. The van der Waals surface area contributed by atoms with Gasteiger partial charge in [-0.25, -0.2) is 5.43 Å². The molecule has 174 valence electrons. The summed E-state index contributed by atoms with van der Waals surface area (Å²) < 4.78 is 1.91. The van der Waals surface area contributed by atoms with Gasteiger partial charge in [0.1, 0.15) is 0 Å². The highest BCUT2D eigenvalue weighted by atomic mass is 32.2. The first-order valence-electron chi connectivity index (χ1n) is 10.5.